The fraction of sp³-hybridized carbons (Fsp3) is 0.350. The Bertz CT molecular complexity index is 1050. The van der Waals surface area contributed by atoms with E-state index in [1.807, 2.05) is 13.8 Å². The van der Waals surface area contributed by atoms with Crippen LogP contribution in [0.1, 0.15) is 37.2 Å². The zero-order valence-electron chi connectivity index (χ0n) is 16.2. The van der Waals surface area contributed by atoms with Gasteiger partial charge in [-0.2, -0.15) is 5.10 Å². The number of nitrogens with one attached hydrogen (secondary N) is 1. The SMILES string of the molecule is C#CC(CC)(CC)NC(=O)COC(=O)Cn1nc(C(N)=O)c2ccccc2c1=O. The van der Waals surface area contributed by atoms with Gasteiger partial charge in [0.1, 0.15) is 12.1 Å². The molecule has 29 heavy (non-hydrogen) atoms. The van der Waals surface area contributed by atoms with Crippen LogP contribution in [-0.4, -0.2) is 39.7 Å². The molecule has 0 saturated carbocycles. The second-order valence-corrected chi connectivity index (χ2v) is 6.36. The lowest BCUT2D eigenvalue weighted by Gasteiger charge is -2.26. The average Bonchev–Trinajstić information content (AvgIpc) is 2.72. The molecule has 1 heterocycles. The fourth-order valence-corrected chi connectivity index (χ4v) is 2.81. The topological polar surface area (TPSA) is 133 Å². The van der Waals surface area contributed by atoms with Crippen molar-refractivity contribution in [3.63, 3.8) is 0 Å². The van der Waals surface area contributed by atoms with Crippen LogP contribution in [0.25, 0.3) is 10.8 Å². The minimum atomic E-state index is -0.875. The third-order valence-electron chi connectivity index (χ3n) is 4.61. The number of primary amides is 1. The number of carbonyl (C=O) groups excluding carboxylic acids is 3. The van der Waals surface area contributed by atoms with E-state index in [4.69, 9.17) is 16.9 Å². The number of aromatic nitrogens is 2. The fourth-order valence-electron chi connectivity index (χ4n) is 2.81. The van der Waals surface area contributed by atoms with E-state index in [2.05, 4.69) is 16.3 Å². The number of esters is 1. The van der Waals surface area contributed by atoms with E-state index in [0.717, 1.165) is 4.68 Å². The molecule has 0 fully saturated rings. The Morgan fingerprint density at radius 1 is 1.24 bits per heavy atom. The summed E-state index contributed by atoms with van der Waals surface area (Å²) in [5.74, 6) is 0.269. The summed E-state index contributed by atoms with van der Waals surface area (Å²) in [6, 6.07) is 6.28. The third-order valence-corrected chi connectivity index (χ3v) is 4.61. The Balaban J connectivity index is 2.14. The van der Waals surface area contributed by atoms with E-state index in [0.29, 0.717) is 18.2 Å². The van der Waals surface area contributed by atoms with Crippen molar-refractivity contribution in [2.24, 2.45) is 5.73 Å². The summed E-state index contributed by atoms with van der Waals surface area (Å²) in [5, 5.41) is 7.01. The molecule has 9 heteroatoms. The van der Waals surface area contributed by atoms with E-state index < -0.39 is 42.0 Å². The van der Waals surface area contributed by atoms with Crippen LogP contribution < -0.4 is 16.6 Å². The van der Waals surface area contributed by atoms with Crippen LogP contribution in [0.3, 0.4) is 0 Å². The van der Waals surface area contributed by atoms with Gasteiger partial charge >= 0.3 is 5.97 Å². The van der Waals surface area contributed by atoms with Gasteiger partial charge in [0, 0.05) is 5.39 Å². The smallest absolute Gasteiger partial charge is 0.328 e. The van der Waals surface area contributed by atoms with Gasteiger partial charge < -0.3 is 15.8 Å². The normalized spacial score (nSPS) is 10.9. The number of ether oxygens (including phenoxy) is 1. The molecule has 0 unspecified atom stereocenters. The highest BCUT2D eigenvalue weighted by Gasteiger charge is 2.25. The average molecular weight is 398 g/mol. The predicted octanol–water partition coefficient (Wildman–Crippen LogP) is 0.347. The standard InChI is InChI=1S/C20H22N4O5/c1-4-20(5-2,6-3)22-15(25)12-29-16(26)11-24-19(28)14-10-8-7-9-13(14)17(23-24)18(21)27/h1,7-10H,5-6,11-12H2,2-3H3,(H2,21,27)(H,22,25). The molecule has 9 nitrogen and oxygen atoms in total. The van der Waals surface area contributed by atoms with Crippen molar-refractivity contribution < 1.29 is 19.1 Å². The molecule has 1 aromatic carbocycles. The van der Waals surface area contributed by atoms with Gasteiger partial charge in [0.05, 0.1) is 5.39 Å². The zero-order valence-corrected chi connectivity index (χ0v) is 16.2. The van der Waals surface area contributed by atoms with E-state index in [-0.39, 0.29) is 11.1 Å². The number of fused-ring (bicyclic) bond motifs is 1. The van der Waals surface area contributed by atoms with E-state index in [1.165, 1.54) is 12.1 Å². The van der Waals surface area contributed by atoms with Crippen molar-refractivity contribution in [3.05, 3.63) is 40.3 Å². The Kier molecular flexibility index (Phi) is 6.72. The predicted molar refractivity (Wildman–Crippen MR) is 106 cm³/mol. The first-order valence-corrected chi connectivity index (χ1v) is 9.01. The van der Waals surface area contributed by atoms with Crippen molar-refractivity contribution in [1.29, 1.82) is 0 Å². The zero-order chi connectivity index (χ0) is 21.6. The summed E-state index contributed by atoms with van der Waals surface area (Å²) in [5.41, 5.74) is 3.78. The Morgan fingerprint density at radius 2 is 1.86 bits per heavy atom. The minimum absolute atomic E-state index is 0.143. The maximum absolute atomic E-state index is 12.5. The molecular weight excluding hydrogens is 376 g/mol. The highest BCUT2D eigenvalue weighted by molar-refractivity contribution is 6.04. The number of amides is 2. The minimum Gasteiger partial charge on any atom is -0.454 e. The Labute approximate surface area is 167 Å². The molecule has 0 bridgehead atoms. The first-order chi connectivity index (χ1) is 13.8. The van der Waals surface area contributed by atoms with Crippen molar-refractivity contribution in [2.75, 3.05) is 6.61 Å². The number of nitrogens with two attached hydrogens (primary N) is 1. The largest absolute Gasteiger partial charge is 0.454 e. The van der Waals surface area contributed by atoms with Crippen LogP contribution in [0.5, 0.6) is 0 Å². The van der Waals surface area contributed by atoms with Crippen LogP contribution in [0.2, 0.25) is 0 Å². The number of benzene rings is 1. The first kappa shape index (κ1) is 21.6. The van der Waals surface area contributed by atoms with Gasteiger partial charge in [-0.05, 0) is 18.9 Å². The monoisotopic (exact) mass is 398 g/mol. The number of carbonyl (C=O) groups is 3. The second kappa shape index (κ2) is 9.01. The van der Waals surface area contributed by atoms with Crippen LogP contribution in [0, 0.1) is 12.3 Å². The van der Waals surface area contributed by atoms with Crippen molar-refractivity contribution in [3.8, 4) is 12.3 Å². The number of hydrogen-bond acceptors (Lipinski definition) is 6. The van der Waals surface area contributed by atoms with Gasteiger partial charge in [0.25, 0.3) is 17.4 Å². The summed E-state index contributed by atoms with van der Waals surface area (Å²) < 4.78 is 5.70. The van der Waals surface area contributed by atoms with Crippen molar-refractivity contribution in [1.82, 2.24) is 15.1 Å². The molecule has 0 radical (unpaired) electrons. The summed E-state index contributed by atoms with van der Waals surface area (Å²) >= 11 is 0. The van der Waals surface area contributed by atoms with Gasteiger partial charge in [0.2, 0.25) is 0 Å². The lowest BCUT2D eigenvalue weighted by Crippen LogP contribution is -2.48. The van der Waals surface area contributed by atoms with E-state index >= 15 is 0 Å². The number of nitrogens with zero attached hydrogens (tertiary/aromatic N) is 2. The van der Waals surface area contributed by atoms with Gasteiger partial charge in [-0.25, -0.2) is 4.68 Å². The summed E-state index contributed by atoms with van der Waals surface area (Å²) in [7, 11) is 0. The molecule has 2 rings (SSSR count). The maximum atomic E-state index is 12.5. The van der Waals surface area contributed by atoms with Crippen LogP contribution in [0.4, 0.5) is 0 Å². The molecule has 0 aliphatic heterocycles. The molecule has 0 spiro atoms. The van der Waals surface area contributed by atoms with E-state index in [9.17, 15) is 19.2 Å². The Hall–Kier alpha value is -3.67. The summed E-state index contributed by atoms with van der Waals surface area (Å²) in [6.07, 6.45) is 6.52. The third kappa shape index (κ3) is 4.79. The van der Waals surface area contributed by atoms with E-state index in [1.54, 1.807) is 12.1 Å². The van der Waals surface area contributed by atoms with Crippen molar-refractivity contribution in [2.45, 2.75) is 38.8 Å². The molecule has 0 saturated heterocycles. The summed E-state index contributed by atoms with van der Waals surface area (Å²) in [4.78, 5) is 48.3. The first-order valence-electron chi connectivity index (χ1n) is 9.01. The summed E-state index contributed by atoms with van der Waals surface area (Å²) in [6.45, 7) is 2.53. The maximum Gasteiger partial charge on any atom is 0.328 e. The second-order valence-electron chi connectivity index (χ2n) is 6.36. The van der Waals surface area contributed by atoms with Gasteiger partial charge in [-0.15, -0.1) is 6.42 Å². The number of rotatable bonds is 8. The molecule has 2 aromatic rings. The van der Waals surface area contributed by atoms with Crippen molar-refractivity contribution >= 4 is 28.6 Å². The number of hydrogen-bond donors (Lipinski definition) is 2. The Morgan fingerprint density at radius 3 is 2.41 bits per heavy atom. The van der Waals surface area contributed by atoms with Crippen LogP contribution in [-0.2, 0) is 20.9 Å². The molecule has 3 N–H and O–H groups in total. The molecule has 1 aromatic heterocycles. The molecule has 0 aliphatic rings. The number of terminal acetylenes is 1. The molecule has 152 valence electrons. The van der Waals surface area contributed by atoms with Crippen LogP contribution in [0.15, 0.2) is 29.1 Å². The molecule has 0 aliphatic carbocycles. The van der Waals surface area contributed by atoms with Crippen LogP contribution >= 0.6 is 0 Å². The molecule has 0 atom stereocenters. The highest BCUT2D eigenvalue weighted by Crippen LogP contribution is 2.14. The molecule has 2 amide bonds. The quantitative estimate of drug-likeness (QED) is 0.487. The van der Waals surface area contributed by atoms with Gasteiger partial charge in [-0.3, -0.25) is 19.2 Å². The van der Waals surface area contributed by atoms with Gasteiger partial charge in [0.15, 0.2) is 12.3 Å². The van der Waals surface area contributed by atoms with Gasteiger partial charge in [-0.1, -0.05) is 38.0 Å². The lowest BCUT2D eigenvalue weighted by atomic mass is 9.94. The lowest BCUT2D eigenvalue weighted by molar-refractivity contribution is -0.149. The highest BCUT2D eigenvalue weighted by atomic mass is 16.5. The molecular formula is C20H22N4O5.